The van der Waals surface area contributed by atoms with Gasteiger partial charge in [-0.15, -0.1) is 0 Å². The molecule has 4 aromatic rings. The van der Waals surface area contributed by atoms with Crippen LogP contribution in [0.1, 0.15) is 18.1 Å². The minimum atomic E-state index is -0.140. The van der Waals surface area contributed by atoms with Crippen molar-refractivity contribution >= 4 is 46.0 Å². The van der Waals surface area contributed by atoms with E-state index in [0.717, 1.165) is 16.2 Å². The lowest BCUT2D eigenvalue weighted by Crippen LogP contribution is -2.12. The van der Waals surface area contributed by atoms with E-state index < -0.39 is 0 Å². The fourth-order valence-corrected chi connectivity index (χ4v) is 3.51. The van der Waals surface area contributed by atoms with E-state index in [0.29, 0.717) is 34.6 Å². The van der Waals surface area contributed by atoms with Crippen LogP contribution in [-0.2, 0) is 17.0 Å². The third kappa shape index (κ3) is 4.71. The quantitative estimate of drug-likeness (QED) is 0.434. The van der Waals surface area contributed by atoms with Crippen molar-refractivity contribution in [3.05, 3.63) is 65.3 Å². The second kappa shape index (κ2) is 8.45. The van der Waals surface area contributed by atoms with Gasteiger partial charge in [0.15, 0.2) is 11.0 Å². The Morgan fingerprint density at radius 1 is 1.18 bits per heavy atom. The number of benzene rings is 2. The number of anilines is 1. The Kier molecular flexibility index (Phi) is 5.59. The minimum absolute atomic E-state index is 0.140. The summed E-state index contributed by atoms with van der Waals surface area (Å²) in [7, 11) is 0. The number of halogens is 1. The minimum Gasteiger partial charge on any atom is -0.339 e. The number of carbonyl (C=O) groups excluding carboxylic acids is 1. The number of carbonyl (C=O) groups is 1. The number of nitrogens with one attached hydrogen (secondary N) is 2. The van der Waals surface area contributed by atoms with Crippen LogP contribution in [0.3, 0.4) is 0 Å². The molecule has 2 N–H and O–H groups in total. The number of rotatable bonds is 7. The molecule has 0 bridgehead atoms. The van der Waals surface area contributed by atoms with E-state index in [1.807, 2.05) is 24.3 Å². The zero-order chi connectivity index (χ0) is 19.3. The van der Waals surface area contributed by atoms with E-state index >= 15 is 0 Å². The molecule has 142 valence electrons. The number of aryl methyl sites for hydroxylation is 1. The maximum Gasteiger partial charge on any atom is 0.227 e. The van der Waals surface area contributed by atoms with E-state index in [4.69, 9.17) is 16.1 Å². The molecule has 4 rings (SSSR count). The molecule has 9 heteroatoms. The summed E-state index contributed by atoms with van der Waals surface area (Å²) in [5, 5.41) is 8.12. The number of nitrogens with zero attached hydrogens (tertiary/aromatic N) is 3. The van der Waals surface area contributed by atoms with Crippen LogP contribution in [0, 0.1) is 0 Å². The number of aromatic amines is 1. The topological polar surface area (TPSA) is 96.7 Å². The molecule has 28 heavy (non-hydrogen) atoms. The SMILES string of the molecule is O=C(CCc1nc(CSc2nc3ccccc3[nH]2)no1)Nc1cccc(Cl)c1. The number of hydrogen-bond donors (Lipinski definition) is 2. The molecule has 2 aromatic heterocycles. The molecule has 0 radical (unpaired) electrons. The summed E-state index contributed by atoms with van der Waals surface area (Å²) >= 11 is 7.40. The average molecular weight is 414 g/mol. The van der Waals surface area contributed by atoms with Gasteiger partial charge in [-0.1, -0.05) is 46.7 Å². The van der Waals surface area contributed by atoms with Crippen molar-refractivity contribution in [3.8, 4) is 0 Å². The normalized spacial score (nSPS) is 11.0. The van der Waals surface area contributed by atoms with Crippen molar-refractivity contribution in [2.24, 2.45) is 0 Å². The van der Waals surface area contributed by atoms with E-state index in [2.05, 4.69) is 25.4 Å². The van der Waals surface area contributed by atoms with Crippen LogP contribution in [0.2, 0.25) is 5.02 Å². The molecule has 0 saturated carbocycles. The number of amides is 1. The van der Waals surface area contributed by atoms with Crippen molar-refractivity contribution in [1.29, 1.82) is 0 Å². The zero-order valence-electron chi connectivity index (χ0n) is 14.7. The molecule has 2 aromatic carbocycles. The van der Waals surface area contributed by atoms with Crippen molar-refractivity contribution in [1.82, 2.24) is 20.1 Å². The summed E-state index contributed by atoms with van der Waals surface area (Å²) in [5.74, 6) is 1.38. The number of fused-ring (bicyclic) bond motifs is 1. The van der Waals surface area contributed by atoms with Gasteiger partial charge in [-0.2, -0.15) is 4.98 Å². The Hall–Kier alpha value is -2.84. The summed E-state index contributed by atoms with van der Waals surface area (Å²) in [4.78, 5) is 24.1. The van der Waals surface area contributed by atoms with E-state index in [1.165, 1.54) is 11.8 Å². The Bertz CT molecular complexity index is 1080. The molecule has 0 aliphatic rings. The molecule has 0 aliphatic carbocycles. The molecule has 0 spiro atoms. The molecule has 2 heterocycles. The highest BCUT2D eigenvalue weighted by molar-refractivity contribution is 7.98. The van der Waals surface area contributed by atoms with E-state index in [1.54, 1.807) is 24.3 Å². The Morgan fingerprint density at radius 2 is 2.07 bits per heavy atom. The maximum atomic E-state index is 12.0. The van der Waals surface area contributed by atoms with Crippen molar-refractivity contribution < 1.29 is 9.32 Å². The van der Waals surface area contributed by atoms with Crippen LogP contribution in [-0.4, -0.2) is 26.0 Å². The number of hydrogen-bond acceptors (Lipinski definition) is 6. The highest BCUT2D eigenvalue weighted by Gasteiger charge is 2.11. The molecule has 0 saturated heterocycles. The first-order valence-electron chi connectivity index (χ1n) is 8.60. The molecule has 0 atom stereocenters. The largest absolute Gasteiger partial charge is 0.339 e. The van der Waals surface area contributed by atoms with Gasteiger partial charge in [0.25, 0.3) is 0 Å². The Balaban J connectivity index is 1.27. The lowest BCUT2D eigenvalue weighted by atomic mass is 10.2. The molecule has 0 unspecified atom stereocenters. The zero-order valence-corrected chi connectivity index (χ0v) is 16.3. The highest BCUT2D eigenvalue weighted by atomic mass is 35.5. The predicted molar refractivity (Wildman–Crippen MR) is 108 cm³/mol. The van der Waals surface area contributed by atoms with E-state index in [9.17, 15) is 4.79 Å². The second-order valence-corrected chi connectivity index (χ2v) is 7.41. The molecule has 0 fully saturated rings. The first kappa shape index (κ1) is 18.5. The number of para-hydroxylation sites is 2. The van der Waals surface area contributed by atoms with Crippen LogP contribution < -0.4 is 5.32 Å². The third-order valence-corrected chi connectivity index (χ3v) is 4.99. The first-order chi connectivity index (χ1) is 13.7. The van der Waals surface area contributed by atoms with Crippen molar-refractivity contribution in [2.45, 2.75) is 23.8 Å². The number of H-pyrrole nitrogens is 1. The van der Waals surface area contributed by atoms with Crippen LogP contribution in [0.25, 0.3) is 11.0 Å². The summed E-state index contributed by atoms with van der Waals surface area (Å²) in [6, 6.07) is 14.9. The van der Waals surface area contributed by atoms with Crippen LogP contribution in [0.4, 0.5) is 5.69 Å². The Morgan fingerprint density at radius 3 is 2.93 bits per heavy atom. The summed E-state index contributed by atoms with van der Waals surface area (Å²) < 4.78 is 5.23. The van der Waals surface area contributed by atoms with Crippen LogP contribution >= 0.6 is 23.4 Å². The summed E-state index contributed by atoms with van der Waals surface area (Å²) in [6.45, 7) is 0. The maximum absolute atomic E-state index is 12.0. The number of imidazole rings is 1. The molecule has 0 aliphatic heterocycles. The van der Waals surface area contributed by atoms with Gasteiger partial charge in [0, 0.05) is 23.6 Å². The van der Waals surface area contributed by atoms with Gasteiger partial charge < -0.3 is 14.8 Å². The van der Waals surface area contributed by atoms with Gasteiger partial charge in [0.05, 0.1) is 16.8 Å². The van der Waals surface area contributed by atoms with Crippen LogP contribution in [0.15, 0.2) is 58.2 Å². The van der Waals surface area contributed by atoms with Gasteiger partial charge in [0.2, 0.25) is 11.8 Å². The smallest absolute Gasteiger partial charge is 0.227 e. The van der Waals surface area contributed by atoms with Crippen LogP contribution in [0.5, 0.6) is 0 Å². The van der Waals surface area contributed by atoms with Gasteiger partial charge >= 0.3 is 0 Å². The summed E-state index contributed by atoms with van der Waals surface area (Å²) in [6.07, 6.45) is 0.611. The highest BCUT2D eigenvalue weighted by Crippen LogP contribution is 2.22. The molecular formula is C19H16ClN5O2S. The standard InChI is InChI=1S/C19H16ClN5O2S/c20-12-4-3-5-13(10-12)21-17(26)8-9-18-24-16(25-27-18)11-28-19-22-14-6-1-2-7-15(14)23-19/h1-7,10H,8-9,11H2,(H,21,26)(H,22,23). The van der Waals surface area contributed by atoms with Gasteiger partial charge in [0.1, 0.15) is 0 Å². The average Bonchev–Trinajstić information content (AvgIpc) is 3.31. The fraction of sp³-hybridized carbons (Fsp3) is 0.158. The van der Waals surface area contributed by atoms with Crippen molar-refractivity contribution in [2.75, 3.05) is 5.32 Å². The number of thioether (sulfide) groups is 1. The molecule has 7 nitrogen and oxygen atoms in total. The lowest BCUT2D eigenvalue weighted by Gasteiger charge is -2.04. The van der Waals surface area contributed by atoms with Crippen molar-refractivity contribution in [3.63, 3.8) is 0 Å². The third-order valence-electron chi connectivity index (χ3n) is 3.89. The first-order valence-corrected chi connectivity index (χ1v) is 9.96. The summed E-state index contributed by atoms with van der Waals surface area (Å²) in [5.41, 5.74) is 2.57. The predicted octanol–water partition coefficient (Wildman–Crippen LogP) is 4.46. The molecule has 1 amide bonds. The van der Waals surface area contributed by atoms with E-state index in [-0.39, 0.29) is 12.3 Å². The monoisotopic (exact) mass is 413 g/mol. The molecular weight excluding hydrogens is 398 g/mol. The fourth-order valence-electron chi connectivity index (χ4n) is 2.59. The van der Waals surface area contributed by atoms with Gasteiger partial charge in [-0.3, -0.25) is 4.79 Å². The lowest BCUT2D eigenvalue weighted by molar-refractivity contribution is -0.116. The van der Waals surface area contributed by atoms with Gasteiger partial charge in [-0.25, -0.2) is 4.98 Å². The Labute approximate surface area is 169 Å². The second-order valence-electron chi connectivity index (χ2n) is 6.01. The number of aromatic nitrogens is 4. The van der Waals surface area contributed by atoms with Gasteiger partial charge in [-0.05, 0) is 30.3 Å².